The van der Waals surface area contributed by atoms with Crippen LogP contribution in [0.1, 0.15) is 36.9 Å². The van der Waals surface area contributed by atoms with Gasteiger partial charge in [-0.15, -0.1) is 0 Å². The maximum atomic E-state index is 9.46. The van der Waals surface area contributed by atoms with Crippen molar-refractivity contribution in [3.8, 4) is 23.1 Å². The van der Waals surface area contributed by atoms with E-state index in [9.17, 15) is 5.26 Å². The van der Waals surface area contributed by atoms with Crippen molar-refractivity contribution in [2.24, 2.45) is 0 Å². The van der Waals surface area contributed by atoms with E-state index < -0.39 is 0 Å². The number of ether oxygens (including phenoxy) is 1. The minimum atomic E-state index is 0.378. The van der Waals surface area contributed by atoms with Crippen LogP contribution in [0.5, 0.6) is 5.88 Å². The van der Waals surface area contributed by atoms with Gasteiger partial charge >= 0.3 is 0 Å². The minimum Gasteiger partial charge on any atom is -0.480 e. The molecule has 4 heteroatoms. The molecule has 1 aliphatic rings. The van der Waals surface area contributed by atoms with Gasteiger partial charge in [-0.3, -0.25) is 4.90 Å². The maximum absolute atomic E-state index is 9.46. The third-order valence-corrected chi connectivity index (χ3v) is 4.59. The first-order valence-electron chi connectivity index (χ1n) is 8.02. The number of nitrogens with zero attached hydrogens (tertiary/aromatic N) is 3. The molecule has 0 spiro atoms. The first-order valence-corrected chi connectivity index (χ1v) is 8.02. The summed E-state index contributed by atoms with van der Waals surface area (Å²) >= 11 is 0. The maximum Gasteiger partial charge on any atom is 0.232 e. The number of hydrogen-bond acceptors (Lipinski definition) is 4. The largest absolute Gasteiger partial charge is 0.480 e. The van der Waals surface area contributed by atoms with Crippen LogP contribution < -0.4 is 4.74 Å². The van der Waals surface area contributed by atoms with Crippen LogP contribution in [-0.4, -0.2) is 30.1 Å². The Kier molecular flexibility index (Phi) is 4.59. The monoisotopic (exact) mass is 307 g/mol. The lowest BCUT2D eigenvalue weighted by Gasteiger charge is -2.24. The molecule has 0 radical (unpaired) electrons. The Morgan fingerprint density at radius 1 is 1.26 bits per heavy atom. The van der Waals surface area contributed by atoms with Gasteiger partial charge in [-0.1, -0.05) is 18.2 Å². The Hall–Kier alpha value is -2.38. The molecule has 0 bridgehead atoms. The molecule has 1 fully saturated rings. The van der Waals surface area contributed by atoms with Gasteiger partial charge in [-0.05, 0) is 56.1 Å². The molecule has 0 N–H and O–H groups in total. The lowest BCUT2D eigenvalue weighted by molar-refractivity contribution is 0.263. The van der Waals surface area contributed by atoms with Crippen molar-refractivity contribution in [3.63, 3.8) is 0 Å². The summed E-state index contributed by atoms with van der Waals surface area (Å²) in [5, 5.41) is 9.46. The number of nitriles is 1. The van der Waals surface area contributed by atoms with E-state index in [1.54, 1.807) is 13.3 Å². The number of pyridine rings is 1. The van der Waals surface area contributed by atoms with E-state index in [0.717, 1.165) is 24.2 Å². The predicted octanol–water partition coefficient (Wildman–Crippen LogP) is 3.79. The lowest BCUT2D eigenvalue weighted by Crippen LogP contribution is -2.23. The summed E-state index contributed by atoms with van der Waals surface area (Å²) in [5.41, 5.74) is 3.67. The summed E-state index contributed by atoms with van der Waals surface area (Å²) in [6.07, 6.45) is 4.25. The van der Waals surface area contributed by atoms with Crippen molar-refractivity contribution in [2.45, 2.75) is 25.8 Å². The number of methoxy groups -OCH3 is 1. The second-order valence-corrected chi connectivity index (χ2v) is 5.90. The normalized spacial score (nSPS) is 16.0. The predicted molar refractivity (Wildman–Crippen MR) is 90.2 cm³/mol. The molecule has 4 nitrogen and oxygen atoms in total. The quantitative estimate of drug-likeness (QED) is 0.862. The van der Waals surface area contributed by atoms with E-state index in [4.69, 9.17) is 4.74 Å². The second kappa shape index (κ2) is 6.80. The first-order chi connectivity index (χ1) is 11.2. The lowest BCUT2D eigenvalue weighted by atomic mass is 9.97. The van der Waals surface area contributed by atoms with Crippen LogP contribution in [0.3, 0.4) is 0 Å². The fourth-order valence-corrected chi connectivity index (χ4v) is 3.25. The zero-order valence-corrected chi connectivity index (χ0v) is 13.6. The van der Waals surface area contributed by atoms with Crippen LogP contribution in [0, 0.1) is 11.3 Å². The Bertz CT molecular complexity index is 730. The Balaban J connectivity index is 1.99. The van der Waals surface area contributed by atoms with Crippen molar-refractivity contribution in [1.29, 1.82) is 5.26 Å². The second-order valence-electron chi connectivity index (χ2n) is 5.90. The third-order valence-electron chi connectivity index (χ3n) is 4.59. The summed E-state index contributed by atoms with van der Waals surface area (Å²) in [5.74, 6) is 0.378. The van der Waals surface area contributed by atoms with Gasteiger partial charge in [0.1, 0.15) is 11.6 Å². The summed E-state index contributed by atoms with van der Waals surface area (Å²) in [4.78, 5) is 6.63. The Morgan fingerprint density at radius 2 is 2.04 bits per heavy atom. The number of likely N-dealkylation sites (tertiary alicyclic amines) is 1. The van der Waals surface area contributed by atoms with E-state index in [1.807, 2.05) is 12.1 Å². The van der Waals surface area contributed by atoms with Crippen LogP contribution in [-0.2, 0) is 0 Å². The summed E-state index contributed by atoms with van der Waals surface area (Å²) in [6, 6.07) is 12.9. The van der Waals surface area contributed by atoms with Crippen LogP contribution >= 0.6 is 0 Å². The highest BCUT2D eigenvalue weighted by molar-refractivity contribution is 5.72. The number of benzene rings is 1. The van der Waals surface area contributed by atoms with E-state index in [2.05, 4.69) is 41.1 Å². The highest BCUT2D eigenvalue weighted by atomic mass is 16.5. The standard InChI is InChI=1S/C19H21N3O/c1-14(22-10-3-4-11-22)15-6-5-7-16(12-15)17-8-9-21-19(23-2)18(17)13-20/h5-9,12,14H,3-4,10-11H2,1-2H3/t14-/m1/s1. The summed E-state index contributed by atoms with van der Waals surface area (Å²) in [6.45, 7) is 4.58. The molecule has 118 valence electrons. The molecule has 3 rings (SSSR count). The van der Waals surface area contributed by atoms with Gasteiger partial charge in [0.25, 0.3) is 0 Å². The number of aromatic nitrogens is 1. The van der Waals surface area contributed by atoms with Crippen molar-refractivity contribution in [3.05, 3.63) is 47.7 Å². The smallest absolute Gasteiger partial charge is 0.232 e. The molecular formula is C19H21N3O. The van der Waals surface area contributed by atoms with Crippen LogP contribution in [0.15, 0.2) is 36.5 Å². The van der Waals surface area contributed by atoms with Crippen molar-refractivity contribution >= 4 is 0 Å². The molecule has 1 aromatic heterocycles. The number of rotatable bonds is 4. The van der Waals surface area contributed by atoms with Gasteiger partial charge < -0.3 is 4.74 Å². The van der Waals surface area contributed by atoms with E-state index >= 15 is 0 Å². The molecule has 23 heavy (non-hydrogen) atoms. The van der Waals surface area contributed by atoms with Gasteiger partial charge in [0, 0.05) is 17.8 Å². The van der Waals surface area contributed by atoms with Crippen molar-refractivity contribution in [2.75, 3.05) is 20.2 Å². The highest BCUT2D eigenvalue weighted by Gasteiger charge is 2.20. The van der Waals surface area contributed by atoms with Crippen molar-refractivity contribution in [1.82, 2.24) is 9.88 Å². The van der Waals surface area contributed by atoms with E-state index in [1.165, 1.54) is 18.4 Å². The minimum absolute atomic E-state index is 0.378. The van der Waals surface area contributed by atoms with Crippen molar-refractivity contribution < 1.29 is 4.74 Å². The molecule has 0 unspecified atom stereocenters. The molecule has 2 aromatic rings. The van der Waals surface area contributed by atoms with Crippen LogP contribution in [0.2, 0.25) is 0 Å². The molecule has 1 aliphatic heterocycles. The molecule has 1 saturated heterocycles. The third kappa shape index (κ3) is 3.06. The zero-order valence-electron chi connectivity index (χ0n) is 13.6. The van der Waals surface area contributed by atoms with Gasteiger partial charge in [0.05, 0.1) is 7.11 Å². The molecule has 0 amide bonds. The fraction of sp³-hybridized carbons (Fsp3) is 0.368. The molecule has 1 aromatic carbocycles. The summed E-state index contributed by atoms with van der Waals surface area (Å²) < 4.78 is 5.22. The molecule has 0 saturated carbocycles. The molecule has 0 aliphatic carbocycles. The van der Waals surface area contributed by atoms with Gasteiger partial charge in [0.2, 0.25) is 5.88 Å². The van der Waals surface area contributed by atoms with E-state index in [0.29, 0.717) is 17.5 Å². The van der Waals surface area contributed by atoms with E-state index in [-0.39, 0.29) is 0 Å². The highest BCUT2D eigenvalue weighted by Crippen LogP contribution is 2.31. The zero-order chi connectivity index (χ0) is 16.2. The van der Waals surface area contributed by atoms with Crippen LogP contribution in [0.4, 0.5) is 0 Å². The average Bonchev–Trinajstić information content (AvgIpc) is 3.15. The SMILES string of the molecule is COc1nccc(-c2cccc([C@@H](C)N3CCCC3)c2)c1C#N. The Labute approximate surface area is 137 Å². The molecule has 1 atom stereocenters. The first kappa shape index (κ1) is 15.5. The Morgan fingerprint density at radius 3 is 2.74 bits per heavy atom. The fourth-order valence-electron chi connectivity index (χ4n) is 3.25. The summed E-state index contributed by atoms with van der Waals surface area (Å²) in [7, 11) is 1.54. The molecule has 2 heterocycles. The van der Waals surface area contributed by atoms with Gasteiger partial charge in [0.15, 0.2) is 0 Å². The van der Waals surface area contributed by atoms with Crippen LogP contribution in [0.25, 0.3) is 11.1 Å². The van der Waals surface area contributed by atoms with Gasteiger partial charge in [-0.2, -0.15) is 5.26 Å². The topological polar surface area (TPSA) is 49.1 Å². The number of hydrogen-bond donors (Lipinski definition) is 0. The average molecular weight is 307 g/mol. The molecular weight excluding hydrogens is 286 g/mol. The van der Waals surface area contributed by atoms with Gasteiger partial charge in [-0.25, -0.2) is 4.98 Å².